The molecule has 2 aromatic heterocycles. The second kappa shape index (κ2) is 10.2. The number of nitrogens with zero attached hydrogens (tertiary/aromatic N) is 3. The molecule has 10 heteroatoms. The fraction of sp³-hybridized carbons (Fsp3) is 0.0833. The molecule has 0 bridgehead atoms. The van der Waals surface area contributed by atoms with Crippen molar-refractivity contribution in [1.29, 1.82) is 0 Å². The van der Waals surface area contributed by atoms with Gasteiger partial charge in [-0.3, -0.25) is 9.78 Å². The first-order valence-corrected chi connectivity index (χ1v) is 10.1. The third kappa shape index (κ3) is 4.96. The Morgan fingerprint density at radius 2 is 1.68 bits per heavy atom. The van der Waals surface area contributed by atoms with Gasteiger partial charge in [-0.2, -0.15) is 0 Å². The lowest BCUT2D eigenvalue weighted by atomic mass is 10.2. The van der Waals surface area contributed by atoms with Crippen molar-refractivity contribution < 1.29 is 23.8 Å². The maximum absolute atomic E-state index is 12.3. The predicted octanol–water partition coefficient (Wildman–Crippen LogP) is 4.14. The number of pyridine rings is 2. The van der Waals surface area contributed by atoms with Crippen LogP contribution in [0.25, 0.3) is 10.9 Å². The van der Waals surface area contributed by atoms with Crippen molar-refractivity contribution in [2.75, 3.05) is 24.5 Å². The normalized spacial score (nSPS) is 10.3. The lowest BCUT2D eigenvalue weighted by Gasteiger charge is -2.17. The van der Waals surface area contributed by atoms with Crippen molar-refractivity contribution >= 4 is 34.8 Å². The van der Waals surface area contributed by atoms with Crippen LogP contribution in [-0.4, -0.2) is 36.6 Å². The van der Waals surface area contributed by atoms with Crippen LogP contribution in [0.2, 0.25) is 0 Å². The molecule has 0 unspecified atom stereocenters. The number of hydrogen-bond acceptors (Lipinski definition) is 7. The minimum Gasteiger partial charge on any atom is -0.493 e. The van der Waals surface area contributed by atoms with Gasteiger partial charge >= 0.3 is 6.03 Å². The molecular formula is C24H21N5O5. The summed E-state index contributed by atoms with van der Waals surface area (Å²) in [6.07, 6.45) is 3.62. The van der Waals surface area contributed by atoms with Crippen molar-refractivity contribution in [2.24, 2.45) is 0 Å². The lowest BCUT2D eigenvalue weighted by molar-refractivity contribution is -0.107. The van der Waals surface area contributed by atoms with Crippen molar-refractivity contribution in [3.63, 3.8) is 0 Å². The number of nitrogens with one attached hydrogen (secondary N) is 2. The van der Waals surface area contributed by atoms with Gasteiger partial charge in [-0.25, -0.2) is 20.2 Å². The summed E-state index contributed by atoms with van der Waals surface area (Å²) in [5.41, 5.74) is 3.61. The molecule has 0 saturated carbocycles. The van der Waals surface area contributed by atoms with E-state index in [0.29, 0.717) is 40.6 Å². The van der Waals surface area contributed by atoms with Gasteiger partial charge < -0.3 is 19.5 Å². The van der Waals surface area contributed by atoms with Crippen molar-refractivity contribution in [2.45, 2.75) is 0 Å². The molecule has 0 aliphatic rings. The van der Waals surface area contributed by atoms with Crippen LogP contribution in [0, 0.1) is 0 Å². The summed E-state index contributed by atoms with van der Waals surface area (Å²) < 4.78 is 16.8. The van der Waals surface area contributed by atoms with Gasteiger partial charge in [-0.15, -0.1) is 0 Å². The third-order valence-electron chi connectivity index (χ3n) is 4.77. The highest BCUT2D eigenvalue weighted by Gasteiger charge is 2.13. The van der Waals surface area contributed by atoms with Crippen molar-refractivity contribution in [3.8, 4) is 23.0 Å². The number of anilines is 2. The highest BCUT2D eigenvalue weighted by Crippen LogP contribution is 2.36. The molecule has 172 valence electrons. The van der Waals surface area contributed by atoms with Gasteiger partial charge in [-0.05, 0) is 48.5 Å². The highest BCUT2D eigenvalue weighted by atomic mass is 16.5. The van der Waals surface area contributed by atoms with E-state index in [1.54, 1.807) is 81.1 Å². The summed E-state index contributed by atoms with van der Waals surface area (Å²) in [6.45, 7) is 0. The number of fused-ring (bicyclic) bond motifs is 1. The van der Waals surface area contributed by atoms with Gasteiger partial charge in [0.1, 0.15) is 11.5 Å². The minimum absolute atomic E-state index is 0.287. The monoisotopic (exact) mass is 459 g/mol. The van der Waals surface area contributed by atoms with E-state index >= 15 is 0 Å². The molecule has 0 aliphatic carbocycles. The Hall–Kier alpha value is -4.86. The largest absolute Gasteiger partial charge is 0.493 e. The van der Waals surface area contributed by atoms with Gasteiger partial charge in [0.15, 0.2) is 17.3 Å². The second-order valence-electron chi connectivity index (χ2n) is 6.89. The second-order valence-corrected chi connectivity index (χ2v) is 6.89. The molecule has 2 heterocycles. The van der Waals surface area contributed by atoms with E-state index in [1.807, 2.05) is 0 Å². The van der Waals surface area contributed by atoms with Gasteiger partial charge in [0.05, 0.1) is 19.7 Å². The fourth-order valence-corrected chi connectivity index (χ4v) is 3.17. The molecule has 3 amide bonds. The maximum Gasteiger partial charge on any atom is 0.338 e. The van der Waals surface area contributed by atoms with E-state index in [9.17, 15) is 9.59 Å². The van der Waals surface area contributed by atoms with Crippen LogP contribution >= 0.6 is 0 Å². The predicted molar refractivity (Wildman–Crippen MR) is 126 cm³/mol. The molecule has 4 aromatic rings. The van der Waals surface area contributed by atoms with E-state index < -0.39 is 6.03 Å². The first kappa shape index (κ1) is 22.3. The van der Waals surface area contributed by atoms with Gasteiger partial charge in [0.25, 0.3) is 0 Å². The quantitative estimate of drug-likeness (QED) is 0.301. The molecule has 34 heavy (non-hydrogen) atoms. The Morgan fingerprint density at radius 1 is 0.912 bits per heavy atom. The topological polar surface area (TPSA) is 115 Å². The Kier molecular flexibility index (Phi) is 6.68. The zero-order valence-electron chi connectivity index (χ0n) is 18.4. The van der Waals surface area contributed by atoms with Crippen molar-refractivity contribution in [1.82, 2.24) is 15.4 Å². The summed E-state index contributed by atoms with van der Waals surface area (Å²) >= 11 is 0. The Balaban J connectivity index is 1.45. The molecule has 2 aromatic carbocycles. The van der Waals surface area contributed by atoms with Crippen LogP contribution in [0.1, 0.15) is 0 Å². The standard InChI is InChI=1S/C24H21N5O5/c1-32-21-13-18-19(14-22(21)33-2)25-12-10-20(18)34-17-8-6-16(7-9-17)27-24(31)28-29(15-30)23-5-3-4-11-26-23/h3-15H,1-2H3,(H2,27,28,31). The number of aromatic nitrogens is 2. The molecule has 0 aliphatic heterocycles. The first-order valence-electron chi connectivity index (χ1n) is 10.1. The Bertz CT molecular complexity index is 1300. The summed E-state index contributed by atoms with van der Waals surface area (Å²) in [5, 5.41) is 4.38. The average Bonchev–Trinajstić information content (AvgIpc) is 2.88. The SMILES string of the molecule is COc1cc2nccc(Oc3ccc(NC(=O)NN(C=O)c4ccccn4)cc3)c2cc1OC. The minimum atomic E-state index is -0.604. The van der Waals surface area contributed by atoms with E-state index in [-0.39, 0.29) is 5.82 Å². The van der Waals surface area contributed by atoms with E-state index in [2.05, 4.69) is 20.7 Å². The maximum atomic E-state index is 12.3. The highest BCUT2D eigenvalue weighted by molar-refractivity contribution is 5.93. The fourth-order valence-electron chi connectivity index (χ4n) is 3.17. The summed E-state index contributed by atoms with van der Waals surface area (Å²) in [7, 11) is 3.13. The number of carbonyl (C=O) groups excluding carboxylic acids is 2. The molecule has 2 N–H and O–H groups in total. The molecular weight excluding hydrogens is 438 g/mol. The zero-order valence-corrected chi connectivity index (χ0v) is 18.4. The number of hydrogen-bond donors (Lipinski definition) is 2. The zero-order chi connectivity index (χ0) is 23.9. The molecule has 0 fully saturated rings. The number of ether oxygens (including phenoxy) is 3. The van der Waals surface area contributed by atoms with Crippen LogP contribution in [0.5, 0.6) is 23.0 Å². The van der Waals surface area contributed by atoms with Crippen LogP contribution in [-0.2, 0) is 4.79 Å². The van der Waals surface area contributed by atoms with Gasteiger partial charge in [-0.1, -0.05) is 6.07 Å². The average molecular weight is 459 g/mol. The lowest BCUT2D eigenvalue weighted by Crippen LogP contribution is -2.44. The van der Waals surface area contributed by atoms with Crippen LogP contribution in [0.15, 0.2) is 73.1 Å². The van der Waals surface area contributed by atoms with Crippen LogP contribution in [0.4, 0.5) is 16.3 Å². The number of amides is 3. The third-order valence-corrected chi connectivity index (χ3v) is 4.77. The van der Waals surface area contributed by atoms with Gasteiger partial charge in [0, 0.05) is 29.5 Å². The summed E-state index contributed by atoms with van der Waals surface area (Å²) in [6, 6.07) is 16.5. The van der Waals surface area contributed by atoms with Crippen LogP contribution < -0.4 is 30.0 Å². The van der Waals surface area contributed by atoms with E-state index in [1.165, 1.54) is 6.20 Å². The molecule has 0 radical (unpaired) electrons. The summed E-state index contributed by atoms with van der Waals surface area (Å²) in [5.74, 6) is 2.56. The summed E-state index contributed by atoms with van der Waals surface area (Å²) in [4.78, 5) is 32.0. The number of methoxy groups -OCH3 is 2. The van der Waals surface area contributed by atoms with Gasteiger partial charge in [0.2, 0.25) is 6.41 Å². The molecule has 4 rings (SSSR count). The molecule has 0 spiro atoms. The number of benzene rings is 2. The number of carbonyl (C=O) groups is 2. The van der Waals surface area contributed by atoms with Crippen LogP contribution in [0.3, 0.4) is 0 Å². The Labute approximate surface area is 195 Å². The van der Waals surface area contributed by atoms with E-state index in [0.717, 1.165) is 10.4 Å². The molecule has 10 nitrogen and oxygen atoms in total. The smallest absolute Gasteiger partial charge is 0.338 e. The van der Waals surface area contributed by atoms with E-state index in [4.69, 9.17) is 14.2 Å². The number of urea groups is 1. The first-order chi connectivity index (χ1) is 16.6. The molecule has 0 saturated heterocycles. The Morgan fingerprint density at radius 3 is 2.35 bits per heavy atom. The molecule has 0 atom stereocenters. The number of hydrazine groups is 1. The van der Waals surface area contributed by atoms with Crippen molar-refractivity contribution in [3.05, 3.63) is 73.1 Å². The number of rotatable bonds is 8.